The van der Waals surface area contributed by atoms with E-state index in [0.29, 0.717) is 11.8 Å². The molecule has 1 aromatic carbocycles. The second kappa shape index (κ2) is 6.33. The third-order valence-electron chi connectivity index (χ3n) is 1.72. The van der Waals surface area contributed by atoms with Crippen molar-refractivity contribution in [2.75, 3.05) is 5.32 Å². The highest BCUT2D eigenvalue weighted by atomic mass is 19.3. The van der Waals surface area contributed by atoms with Crippen LogP contribution in [0.3, 0.4) is 0 Å². The standard InChI is InChI=1S/C11H9F2NO4/c12-11(13)18-8-3-1-7(2-4-8)14-9(15)5-6-10(16)17/h1-6,11H,(H,14,15)(H,16,17)/p-1/b6-5+. The number of carbonyl (C=O) groups is 2. The van der Waals surface area contributed by atoms with E-state index in [1.807, 2.05) is 0 Å². The summed E-state index contributed by atoms with van der Waals surface area (Å²) in [4.78, 5) is 21.2. The minimum atomic E-state index is -2.92. The largest absolute Gasteiger partial charge is 0.545 e. The molecule has 7 heteroatoms. The minimum Gasteiger partial charge on any atom is -0.545 e. The molecular weight excluding hydrogens is 248 g/mol. The number of halogens is 2. The van der Waals surface area contributed by atoms with E-state index in [9.17, 15) is 23.5 Å². The SMILES string of the molecule is O=C([O-])/C=C/C(=O)Nc1ccc(OC(F)F)cc1. The Morgan fingerprint density at radius 2 is 1.83 bits per heavy atom. The van der Waals surface area contributed by atoms with E-state index in [1.165, 1.54) is 24.3 Å². The van der Waals surface area contributed by atoms with E-state index in [0.717, 1.165) is 6.08 Å². The van der Waals surface area contributed by atoms with Crippen LogP contribution >= 0.6 is 0 Å². The molecule has 1 amide bonds. The van der Waals surface area contributed by atoms with Crippen molar-refractivity contribution in [3.05, 3.63) is 36.4 Å². The van der Waals surface area contributed by atoms with Crippen molar-refractivity contribution in [3.8, 4) is 5.75 Å². The number of amides is 1. The molecule has 1 rings (SSSR count). The van der Waals surface area contributed by atoms with Crippen LogP contribution in [0.15, 0.2) is 36.4 Å². The van der Waals surface area contributed by atoms with Crippen LogP contribution in [0.1, 0.15) is 0 Å². The van der Waals surface area contributed by atoms with Gasteiger partial charge in [-0.2, -0.15) is 8.78 Å². The maximum absolute atomic E-state index is 11.8. The van der Waals surface area contributed by atoms with Gasteiger partial charge in [0.25, 0.3) is 0 Å². The molecule has 0 aromatic heterocycles. The van der Waals surface area contributed by atoms with E-state index in [2.05, 4.69) is 10.1 Å². The van der Waals surface area contributed by atoms with Crippen molar-refractivity contribution in [2.24, 2.45) is 0 Å². The maximum Gasteiger partial charge on any atom is 0.387 e. The van der Waals surface area contributed by atoms with Crippen molar-refractivity contribution in [1.29, 1.82) is 0 Å². The molecule has 0 saturated carbocycles. The summed E-state index contributed by atoms with van der Waals surface area (Å²) in [6, 6.07) is 5.15. The Morgan fingerprint density at radius 3 is 2.33 bits per heavy atom. The zero-order valence-electron chi connectivity index (χ0n) is 8.93. The molecule has 1 aromatic rings. The number of carboxylic acid groups (broad SMARTS) is 1. The predicted molar refractivity (Wildman–Crippen MR) is 55.9 cm³/mol. The number of hydrogen-bond donors (Lipinski definition) is 1. The first-order valence-electron chi connectivity index (χ1n) is 4.72. The highest BCUT2D eigenvalue weighted by molar-refractivity contribution is 6.02. The molecule has 0 bridgehead atoms. The maximum atomic E-state index is 11.8. The van der Waals surface area contributed by atoms with Gasteiger partial charge < -0.3 is 20.0 Å². The van der Waals surface area contributed by atoms with E-state index < -0.39 is 18.5 Å². The Kier molecular flexibility index (Phi) is 4.79. The van der Waals surface area contributed by atoms with E-state index in [4.69, 9.17) is 0 Å². The highest BCUT2D eigenvalue weighted by Crippen LogP contribution is 2.17. The Hall–Kier alpha value is -2.44. The molecule has 5 nitrogen and oxygen atoms in total. The third kappa shape index (κ3) is 5.06. The summed E-state index contributed by atoms with van der Waals surface area (Å²) in [6.07, 6.45) is 1.35. The number of benzene rings is 1. The molecule has 0 spiro atoms. The number of aliphatic carboxylic acids is 1. The van der Waals surface area contributed by atoms with E-state index in [-0.39, 0.29) is 5.75 Å². The van der Waals surface area contributed by atoms with Gasteiger partial charge in [0.15, 0.2) is 0 Å². The Labute approximate surface area is 101 Å². The van der Waals surface area contributed by atoms with Gasteiger partial charge in [-0.1, -0.05) is 0 Å². The van der Waals surface area contributed by atoms with Crippen LogP contribution < -0.4 is 15.2 Å². The molecule has 0 unspecified atom stereocenters. The molecule has 0 heterocycles. The van der Waals surface area contributed by atoms with Crippen LogP contribution in [0.25, 0.3) is 0 Å². The zero-order chi connectivity index (χ0) is 13.5. The number of carboxylic acids is 1. The molecule has 96 valence electrons. The lowest BCUT2D eigenvalue weighted by atomic mass is 10.3. The first-order chi connectivity index (χ1) is 8.47. The van der Waals surface area contributed by atoms with E-state index in [1.54, 1.807) is 0 Å². The van der Waals surface area contributed by atoms with Crippen LogP contribution in [0.5, 0.6) is 5.75 Å². The van der Waals surface area contributed by atoms with Crippen LogP contribution in [0.2, 0.25) is 0 Å². The zero-order valence-corrected chi connectivity index (χ0v) is 8.93. The number of carbonyl (C=O) groups excluding carboxylic acids is 2. The summed E-state index contributed by atoms with van der Waals surface area (Å²) in [5.74, 6) is -2.22. The Morgan fingerprint density at radius 1 is 1.22 bits per heavy atom. The summed E-state index contributed by atoms with van der Waals surface area (Å²) in [5.41, 5.74) is 0.310. The third-order valence-corrected chi connectivity index (χ3v) is 1.72. The fraction of sp³-hybridized carbons (Fsp3) is 0.0909. The quantitative estimate of drug-likeness (QED) is 0.779. The molecule has 18 heavy (non-hydrogen) atoms. The molecular formula is C11H8F2NO4-. The summed E-state index contributed by atoms with van der Waals surface area (Å²) in [5, 5.41) is 12.4. The van der Waals surface area contributed by atoms with Gasteiger partial charge in [-0.05, 0) is 30.3 Å². The number of rotatable bonds is 5. The minimum absolute atomic E-state index is 0.0479. The number of hydrogen-bond acceptors (Lipinski definition) is 4. The summed E-state index contributed by atoms with van der Waals surface area (Å²) >= 11 is 0. The highest BCUT2D eigenvalue weighted by Gasteiger charge is 2.04. The van der Waals surface area contributed by atoms with Gasteiger partial charge in [0.05, 0.1) is 5.97 Å². The normalized spacial score (nSPS) is 10.6. The smallest absolute Gasteiger partial charge is 0.387 e. The molecule has 0 aliphatic carbocycles. The second-order valence-corrected chi connectivity index (χ2v) is 3.04. The average molecular weight is 256 g/mol. The van der Waals surface area contributed by atoms with Gasteiger partial charge in [0.2, 0.25) is 5.91 Å². The van der Waals surface area contributed by atoms with Gasteiger partial charge in [0, 0.05) is 11.8 Å². The van der Waals surface area contributed by atoms with Crippen LogP contribution in [-0.2, 0) is 9.59 Å². The topological polar surface area (TPSA) is 78.5 Å². The van der Waals surface area contributed by atoms with Crippen molar-refractivity contribution in [2.45, 2.75) is 6.61 Å². The van der Waals surface area contributed by atoms with Gasteiger partial charge in [-0.3, -0.25) is 4.79 Å². The van der Waals surface area contributed by atoms with E-state index >= 15 is 0 Å². The first-order valence-corrected chi connectivity index (χ1v) is 4.72. The number of anilines is 1. The molecule has 0 fully saturated rings. The number of alkyl halides is 2. The van der Waals surface area contributed by atoms with Crippen molar-refractivity contribution in [1.82, 2.24) is 0 Å². The van der Waals surface area contributed by atoms with Crippen LogP contribution in [0, 0.1) is 0 Å². The lowest BCUT2D eigenvalue weighted by Gasteiger charge is -2.06. The van der Waals surface area contributed by atoms with Gasteiger partial charge in [-0.15, -0.1) is 0 Å². The molecule has 0 saturated heterocycles. The summed E-state index contributed by atoms with van der Waals surface area (Å²) in [6.45, 7) is -2.92. The average Bonchev–Trinajstić information content (AvgIpc) is 2.28. The fourth-order valence-electron chi connectivity index (χ4n) is 1.05. The fourth-order valence-corrected chi connectivity index (χ4v) is 1.05. The summed E-state index contributed by atoms with van der Waals surface area (Å²) in [7, 11) is 0. The van der Waals surface area contributed by atoms with Crippen LogP contribution in [0.4, 0.5) is 14.5 Å². The van der Waals surface area contributed by atoms with Crippen LogP contribution in [-0.4, -0.2) is 18.5 Å². The number of nitrogens with one attached hydrogen (secondary N) is 1. The van der Waals surface area contributed by atoms with Gasteiger partial charge >= 0.3 is 6.61 Å². The van der Waals surface area contributed by atoms with Crippen molar-refractivity contribution in [3.63, 3.8) is 0 Å². The lowest BCUT2D eigenvalue weighted by molar-refractivity contribution is -0.297. The Bertz CT molecular complexity index is 457. The predicted octanol–water partition coefficient (Wildman–Crippen LogP) is 0.533. The van der Waals surface area contributed by atoms with Crippen molar-refractivity contribution >= 4 is 17.6 Å². The van der Waals surface area contributed by atoms with Gasteiger partial charge in [-0.25, -0.2) is 0 Å². The molecule has 0 atom stereocenters. The second-order valence-electron chi connectivity index (χ2n) is 3.04. The molecule has 1 N–H and O–H groups in total. The molecule has 0 aliphatic heterocycles. The molecule has 0 radical (unpaired) electrons. The van der Waals surface area contributed by atoms with Gasteiger partial charge in [0.1, 0.15) is 5.75 Å². The van der Waals surface area contributed by atoms with Crippen molar-refractivity contribution < 1.29 is 28.2 Å². The Balaban J connectivity index is 2.58. The number of ether oxygens (including phenoxy) is 1. The lowest BCUT2D eigenvalue weighted by Crippen LogP contribution is -2.20. The summed E-state index contributed by atoms with van der Waals surface area (Å²) < 4.78 is 27.8. The first kappa shape index (κ1) is 13.6. The monoisotopic (exact) mass is 256 g/mol. The molecule has 0 aliphatic rings.